The molecule has 1 aromatic rings. The molecular formula is C10H13N3OS. The molecule has 1 aromatic heterocycles. The first-order valence-electron chi connectivity index (χ1n) is 4.86. The Balaban J connectivity index is 1.98. The van der Waals surface area contributed by atoms with Gasteiger partial charge < -0.3 is 15.4 Å². The summed E-state index contributed by atoms with van der Waals surface area (Å²) in [5.41, 5.74) is 0.790. The van der Waals surface area contributed by atoms with Crippen molar-refractivity contribution >= 4 is 23.0 Å². The molecule has 0 atom stereocenters. The van der Waals surface area contributed by atoms with Gasteiger partial charge in [0.15, 0.2) is 5.11 Å². The molecular weight excluding hydrogens is 210 g/mol. The molecule has 0 aromatic carbocycles. The first-order chi connectivity index (χ1) is 7.29. The normalized spacial score (nSPS) is 14.5. The van der Waals surface area contributed by atoms with Crippen LogP contribution < -0.4 is 15.4 Å². The molecule has 0 radical (unpaired) electrons. The molecule has 1 heterocycles. The predicted octanol–water partition coefficient (Wildman–Crippen LogP) is 1.54. The molecule has 4 nitrogen and oxygen atoms in total. The van der Waals surface area contributed by atoms with E-state index in [1.54, 1.807) is 13.3 Å². The lowest BCUT2D eigenvalue weighted by Gasteiger charge is -2.11. The van der Waals surface area contributed by atoms with Crippen LogP contribution >= 0.6 is 12.2 Å². The largest absolute Gasteiger partial charge is 0.480 e. The Morgan fingerprint density at radius 3 is 3.07 bits per heavy atom. The van der Waals surface area contributed by atoms with Crippen molar-refractivity contribution in [2.75, 3.05) is 12.4 Å². The maximum atomic E-state index is 5.15. The van der Waals surface area contributed by atoms with Gasteiger partial charge in [-0.15, -0.1) is 0 Å². The van der Waals surface area contributed by atoms with Gasteiger partial charge in [0.1, 0.15) is 5.69 Å². The van der Waals surface area contributed by atoms with Gasteiger partial charge in [0.25, 0.3) is 0 Å². The lowest BCUT2D eigenvalue weighted by molar-refractivity contribution is 0.400. The minimum absolute atomic E-state index is 0.549. The molecule has 2 N–H and O–H groups in total. The maximum Gasteiger partial charge on any atom is 0.237 e. The van der Waals surface area contributed by atoms with Crippen LogP contribution in [0.3, 0.4) is 0 Å². The van der Waals surface area contributed by atoms with Crippen molar-refractivity contribution in [3.63, 3.8) is 0 Å². The van der Waals surface area contributed by atoms with Crippen LogP contribution in [0.2, 0.25) is 0 Å². The molecule has 0 unspecified atom stereocenters. The summed E-state index contributed by atoms with van der Waals surface area (Å²) in [5, 5.41) is 6.88. The van der Waals surface area contributed by atoms with E-state index in [4.69, 9.17) is 17.0 Å². The summed E-state index contributed by atoms with van der Waals surface area (Å²) in [6.45, 7) is 0. The fraction of sp³-hybridized carbons (Fsp3) is 0.400. The minimum atomic E-state index is 0.549. The fourth-order valence-electron chi connectivity index (χ4n) is 1.22. The SMILES string of the molecule is COc1ncccc1NC(=S)NC1CC1. The fourth-order valence-corrected chi connectivity index (χ4v) is 1.50. The zero-order chi connectivity index (χ0) is 10.7. The van der Waals surface area contributed by atoms with E-state index in [9.17, 15) is 0 Å². The average molecular weight is 223 g/mol. The monoisotopic (exact) mass is 223 g/mol. The first-order valence-corrected chi connectivity index (χ1v) is 5.27. The third kappa shape index (κ3) is 2.79. The summed E-state index contributed by atoms with van der Waals surface area (Å²) in [4.78, 5) is 4.07. The summed E-state index contributed by atoms with van der Waals surface area (Å²) in [7, 11) is 1.59. The van der Waals surface area contributed by atoms with Gasteiger partial charge in [0.2, 0.25) is 5.88 Å². The summed E-state index contributed by atoms with van der Waals surface area (Å²) in [6.07, 6.45) is 4.08. The number of methoxy groups -OCH3 is 1. The highest BCUT2D eigenvalue weighted by atomic mass is 32.1. The number of hydrogen-bond acceptors (Lipinski definition) is 3. The van der Waals surface area contributed by atoms with Crippen LogP contribution in [0.5, 0.6) is 5.88 Å². The van der Waals surface area contributed by atoms with Crippen molar-refractivity contribution in [1.82, 2.24) is 10.3 Å². The number of hydrogen-bond donors (Lipinski definition) is 2. The molecule has 1 aliphatic carbocycles. The molecule has 0 bridgehead atoms. The van der Waals surface area contributed by atoms with Gasteiger partial charge >= 0.3 is 0 Å². The Bertz CT molecular complexity index is 365. The van der Waals surface area contributed by atoms with Crippen molar-refractivity contribution in [3.8, 4) is 5.88 Å². The summed E-state index contributed by atoms with van der Waals surface area (Å²) < 4.78 is 5.11. The topological polar surface area (TPSA) is 46.2 Å². The molecule has 0 saturated heterocycles. The molecule has 80 valence electrons. The zero-order valence-electron chi connectivity index (χ0n) is 8.49. The van der Waals surface area contributed by atoms with Crippen molar-refractivity contribution in [3.05, 3.63) is 18.3 Å². The molecule has 5 heteroatoms. The highest BCUT2D eigenvalue weighted by Gasteiger charge is 2.21. The predicted molar refractivity (Wildman–Crippen MR) is 63.2 cm³/mol. The minimum Gasteiger partial charge on any atom is -0.480 e. The zero-order valence-corrected chi connectivity index (χ0v) is 9.30. The summed E-state index contributed by atoms with van der Waals surface area (Å²) >= 11 is 5.15. The molecule has 2 rings (SSSR count). The number of rotatable bonds is 3. The highest BCUT2D eigenvalue weighted by Crippen LogP contribution is 2.21. The summed E-state index contributed by atoms with van der Waals surface area (Å²) in [6, 6.07) is 4.27. The van der Waals surface area contributed by atoms with E-state index < -0.39 is 0 Å². The van der Waals surface area contributed by atoms with E-state index in [0.29, 0.717) is 17.0 Å². The first kappa shape index (κ1) is 10.2. The smallest absolute Gasteiger partial charge is 0.237 e. The van der Waals surface area contributed by atoms with Crippen LogP contribution in [0.25, 0.3) is 0 Å². The number of nitrogens with one attached hydrogen (secondary N) is 2. The van der Waals surface area contributed by atoms with Gasteiger partial charge in [-0.05, 0) is 37.2 Å². The lowest BCUT2D eigenvalue weighted by Crippen LogP contribution is -2.30. The molecule has 1 saturated carbocycles. The lowest BCUT2D eigenvalue weighted by atomic mass is 10.4. The van der Waals surface area contributed by atoms with Crippen molar-refractivity contribution < 1.29 is 4.74 Å². The van der Waals surface area contributed by atoms with Crippen molar-refractivity contribution in [1.29, 1.82) is 0 Å². The van der Waals surface area contributed by atoms with Gasteiger partial charge in [-0.3, -0.25) is 0 Å². The summed E-state index contributed by atoms with van der Waals surface area (Å²) in [5.74, 6) is 0.553. The van der Waals surface area contributed by atoms with Gasteiger partial charge in [-0.25, -0.2) is 4.98 Å². The number of ether oxygens (including phenoxy) is 1. The van der Waals surface area contributed by atoms with E-state index in [1.165, 1.54) is 12.8 Å². The van der Waals surface area contributed by atoms with Gasteiger partial charge in [-0.2, -0.15) is 0 Å². The third-order valence-electron chi connectivity index (χ3n) is 2.13. The molecule has 15 heavy (non-hydrogen) atoms. The van der Waals surface area contributed by atoms with Crippen molar-refractivity contribution in [2.24, 2.45) is 0 Å². The Kier molecular flexibility index (Phi) is 3.01. The van der Waals surface area contributed by atoms with E-state index in [-0.39, 0.29) is 0 Å². The maximum absolute atomic E-state index is 5.15. The van der Waals surface area contributed by atoms with Crippen LogP contribution in [0.15, 0.2) is 18.3 Å². The van der Waals surface area contributed by atoms with Gasteiger partial charge in [0, 0.05) is 12.2 Å². The van der Waals surface area contributed by atoms with Gasteiger partial charge in [0.05, 0.1) is 7.11 Å². The van der Waals surface area contributed by atoms with E-state index in [2.05, 4.69) is 15.6 Å². The number of nitrogens with zero attached hydrogens (tertiary/aromatic N) is 1. The molecule has 1 fully saturated rings. The molecule has 0 amide bonds. The Hall–Kier alpha value is -1.36. The Labute approximate surface area is 94.0 Å². The average Bonchev–Trinajstić information content (AvgIpc) is 3.02. The Morgan fingerprint density at radius 2 is 2.40 bits per heavy atom. The van der Waals surface area contributed by atoms with E-state index >= 15 is 0 Å². The quantitative estimate of drug-likeness (QED) is 0.761. The Morgan fingerprint density at radius 1 is 1.60 bits per heavy atom. The van der Waals surface area contributed by atoms with Crippen LogP contribution in [-0.2, 0) is 0 Å². The third-order valence-corrected chi connectivity index (χ3v) is 2.35. The van der Waals surface area contributed by atoms with E-state index in [1.807, 2.05) is 12.1 Å². The second kappa shape index (κ2) is 4.44. The van der Waals surface area contributed by atoms with Crippen molar-refractivity contribution in [2.45, 2.75) is 18.9 Å². The number of thiocarbonyl (C=S) groups is 1. The molecule has 0 aliphatic heterocycles. The second-order valence-corrected chi connectivity index (χ2v) is 3.84. The second-order valence-electron chi connectivity index (χ2n) is 3.43. The van der Waals surface area contributed by atoms with Gasteiger partial charge in [-0.1, -0.05) is 0 Å². The number of aromatic nitrogens is 1. The number of pyridine rings is 1. The molecule has 0 spiro atoms. The standard InChI is InChI=1S/C10H13N3OS/c1-14-9-8(3-2-6-11-9)13-10(15)12-7-4-5-7/h2-3,6-7H,4-5H2,1H3,(H2,12,13,15). The van der Waals surface area contributed by atoms with E-state index in [0.717, 1.165) is 5.69 Å². The highest BCUT2D eigenvalue weighted by molar-refractivity contribution is 7.80. The van der Waals surface area contributed by atoms with Crippen LogP contribution in [0, 0.1) is 0 Å². The number of anilines is 1. The van der Waals surface area contributed by atoms with Crippen LogP contribution in [0.1, 0.15) is 12.8 Å². The molecule has 1 aliphatic rings. The van der Waals surface area contributed by atoms with Crippen LogP contribution in [-0.4, -0.2) is 23.2 Å². The van der Waals surface area contributed by atoms with Crippen LogP contribution in [0.4, 0.5) is 5.69 Å².